The van der Waals surface area contributed by atoms with E-state index < -0.39 is 90.7 Å². The fourth-order valence-electron chi connectivity index (χ4n) is 3.34. The fourth-order valence-corrected chi connectivity index (χ4v) is 5.29. The summed E-state index contributed by atoms with van der Waals surface area (Å²) in [5.74, 6) is -3.63. The number of azide groups is 1. The van der Waals surface area contributed by atoms with E-state index in [1.165, 1.54) is 0 Å². The highest BCUT2D eigenvalue weighted by Gasteiger charge is 2.57. The van der Waals surface area contributed by atoms with E-state index in [-0.39, 0.29) is 4.90 Å². The number of rotatable bonds is 10. The number of hydrogen-bond donors (Lipinski definition) is 4. The van der Waals surface area contributed by atoms with E-state index >= 15 is 0 Å². The molecule has 0 saturated carbocycles. The minimum absolute atomic E-state index is 0.132. The average Bonchev–Trinajstić information content (AvgIpc) is 3.04. The van der Waals surface area contributed by atoms with Crippen molar-refractivity contribution in [2.75, 3.05) is 0 Å². The number of nitro benzene ring substituents is 1. The van der Waals surface area contributed by atoms with Crippen molar-refractivity contribution in [1.82, 2.24) is 10.2 Å². The molecule has 182 valence electrons. The summed E-state index contributed by atoms with van der Waals surface area (Å²) in [6.07, 6.45) is -2.25. The molecule has 1 saturated heterocycles. The Kier molecular flexibility index (Phi) is 8.17. The summed E-state index contributed by atoms with van der Waals surface area (Å²) in [5, 5.41) is 24.0. The lowest BCUT2D eigenvalue weighted by molar-refractivity contribution is -0.384. The molecule has 1 aromatic rings. The number of aliphatic hydroxyl groups excluding tert-OH is 1. The van der Waals surface area contributed by atoms with Gasteiger partial charge in [0.05, 0.1) is 4.92 Å². The Morgan fingerprint density at radius 1 is 1.41 bits per heavy atom. The molecule has 2 rings (SSSR count). The van der Waals surface area contributed by atoms with Crippen LogP contribution < -0.4 is 5.32 Å². The summed E-state index contributed by atoms with van der Waals surface area (Å²) in [7, 11) is -5.54. The molecular weight excluding hydrogens is 516 g/mol. The minimum Gasteiger partial charge on any atom is -0.502 e. The van der Waals surface area contributed by atoms with Gasteiger partial charge in [0.25, 0.3) is 16.6 Å². The van der Waals surface area contributed by atoms with Crippen LogP contribution in [-0.4, -0.2) is 60.9 Å². The lowest BCUT2D eigenvalue weighted by Crippen LogP contribution is -2.67. The first kappa shape index (κ1) is 26.9. The molecule has 0 spiro atoms. The lowest BCUT2D eigenvalue weighted by atomic mass is 10.1. The topological polar surface area (TPSA) is 233 Å². The molecule has 15 nitrogen and oxygen atoms in total. The SMILES string of the molecule is [N-]=[N+]=Nc1cccc(C(=O)NC(CC(S)CC(O)=S)(N2C(=O)CCC2=O)S(=O)(=O)O)c1[N+](=O)[O-]. The zero-order valence-corrected chi connectivity index (χ0v) is 19.4. The monoisotopic (exact) mass is 532 g/mol. The molecule has 0 aromatic heterocycles. The number of amides is 3. The maximum atomic E-state index is 13.1. The van der Waals surface area contributed by atoms with E-state index in [1.54, 1.807) is 0 Å². The van der Waals surface area contributed by atoms with Gasteiger partial charge in [-0.3, -0.25) is 29.1 Å². The Hall–Kier alpha value is -3.31. The lowest BCUT2D eigenvalue weighted by Gasteiger charge is -2.39. The summed E-state index contributed by atoms with van der Waals surface area (Å²) in [4.78, 5) is 47.8. The van der Waals surface area contributed by atoms with Gasteiger partial charge >= 0.3 is 10.1 Å². The van der Waals surface area contributed by atoms with Crippen molar-refractivity contribution in [2.24, 2.45) is 5.11 Å². The van der Waals surface area contributed by atoms with E-state index in [2.05, 4.69) is 34.9 Å². The van der Waals surface area contributed by atoms with Crippen molar-refractivity contribution in [1.29, 1.82) is 0 Å². The van der Waals surface area contributed by atoms with E-state index in [9.17, 15) is 42.6 Å². The predicted octanol–water partition coefficient (Wildman–Crippen LogP) is 1.92. The van der Waals surface area contributed by atoms with E-state index in [1.807, 2.05) is 5.32 Å². The third-order valence-corrected chi connectivity index (χ3v) is 6.50. The van der Waals surface area contributed by atoms with Crippen LogP contribution in [0.15, 0.2) is 23.3 Å². The summed E-state index contributed by atoms with van der Waals surface area (Å²) in [6.45, 7) is 0. The quantitative estimate of drug-likeness (QED) is 0.0393. The van der Waals surface area contributed by atoms with Gasteiger partial charge in [-0.25, -0.2) is 4.90 Å². The average molecular weight is 533 g/mol. The first-order valence-corrected chi connectivity index (χ1v) is 11.5. The highest BCUT2D eigenvalue weighted by molar-refractivity contribution is 7.87. The normalized spacial score (nSPS) is 16.4. The van der Waals surface area contributed by atoms with Gasteiger partial charge < -0.3 is 10.4 Å². The van der Waals surface area contributed by atoms with Crippen LogP contribution >= 0.6 is 24.8 Å². The van der Waals surface area contributed by atoms with Crippen LogP contribution in [0, 0.1) is 10.1 Å². The van der Waals surface area contributed by atoms with E-state index in [0.717, 1.165) is 18.2 Å². The van der Waals surface area contributed by atoms with Crippen LogP contribution in [-0.2, 0) is 19.7 Å². The van der Waals surface area contributed by atoms with Crippen LogP contribution in [0.25, 0.3) is 10.4 Å². The molecule has 2 atom stereocenters. The number of imide groups is 1. The summed E-state index contributed by atoms with van der Waals surface area (Å²) >= 11 is 8.60. The Bertz CT molecular complexity index is 1210. The molecule has 3 N–H and O–H groups in total. The molecule has 2 unspecified atom stereocenters. The van der Waals surface area contributed by atoms with E-state index in [0.29, 0.717) is 0 Å². The molecule has 3 amide bonds. The van der Waals surface area contributed by atoms with Crippen molar-refractivity contribution in [3.05, 3.63) is 44.3 Å². The third-order valence-electron chi connectivity index (χ3n) is 4.67. The fraction of sp³-hybridized carbons (Fsp3) is 0.375. The zero-order valence-electron chi connectivity index (χ0n) is 16.9. The van der Waals surface area contributed by atoms with E-state index in [4.69, 9.17) is 5.53 Å². The molecule has 0 aliphatic carbocycles. The highest BCUT2D eigenvalue weighted by Crippen LogP contribution is 2.35. The molecule has 1 aliphatic rings. The number of benzene rings is 1. The van der Waals surface area contributed by atoms with Crippen molar-refractivity contribution in [3.8, 4) is 0 Å². The third kappa shape index (κ3) is 5.42. The van der Waals surface area contributed by atoms with Crippen LogP contribution in [0.2, 0.25) is 0 Å². The number of nitrogens with zero attached hydrogens (tertiary/aromatic N) is 5. The van der Waals surface area contributed by atoms with Gasteiger partial charge in [-0.2, -0.15) is 21.0 Å². The first-order chi connectivity index (χ1) is 15.7. The van der Waals surface area contributed by atoms with Crippen LogP contribution in [0.3, 0.4) is 0 Å². The second kappa shape index (κ2) is 10.3. The Balaban J connectivity index is 2.73. The Labute approximate surface area is 202 Å². The number of hydrogen-bond acceptors (Lipinski definition) is 10. The standard InChI is InChI=1S/C16H16N6O9S3/c17-20-19-10-3-1-2-9(14(10)22(27)28)15(26)18-16(34(29,30)31,7-8(32)6-13(25)33)21-11(23)4-5-12(21)24/h1-3,8,32H,4-7H2,(H,18,26)(H,25,33)(H,29,30,31). The summed E-state index contributed by atoms with van der Waals surface area (Å²) in [5.41, 5.74) is 6.25. The molecule has 18 heteroatoms. The maximum absolute atomic E-state index is 13.1. The second-order valence-corrected chi connectivity index (χ2v) is 9.74. The number of nitro groups is 1. The largest absolute Gasteiger partial charge is 0.502 e. The molecule has 1 heterocycles. The first-order valence-electron chi connectivity index (χ1n) is 9.13. The predicted molar refractivity (Wildman–Crippen MR) is 122 cm³/mol. The van der Waals surface area contributed by atoms with Gasteiger partial charge in [-0.1, -0.05) is 11.2 Å². The minimum atomic E-state index is -5.54. The van der Waals surface area contributed by atoms with Gasteiger partial charge in [0, 0.05) is 35.8 Å². The smallest absolute Gasteiger partial charge is 0.309 e. The summed E-state index contributed by atoms with van der Waals surface area (Å²) in [6, 6.07) is 3.01. The molecular formula is C16H16N6O9S3. The van der Waals surface area contributed by atoms with Crippen molar-refractivity contribution >= 4 is 69.1 Å². The molecule has 1 aromatic carbocycles. The van der Waals surface area contributed by atoms with Crippen LogP contribution in [0.4, 0.5) is 11.4 Å². The number of carbonyl (C=O) groups is 3. The summed E-state index contributed by atoms with van der Waals surface area (Å²) < 4.78 is 35.2. The molecule has 0 radical (unpaired) electrons. The molecule has 1 fully saturated rings. The number of nitrogens with one attached hydrogen (secondary N) is 1. The van der Waals surface area contributed by atoms with Gasteiger partial charge in [-0.05, 0) is 29.9 Å². The Morgan fingerprint density at radius 3 is 2.47 bits per heavy atom. The molecule has 1 aliphatic heterocycles. The van der Waals surface area contributed by atoms with Crippen LogP contribution in [0.5, 0.6) is 0 Å². The van der Waals surface area contributed by atoms with Gasteiger partial charge in [0.2, 0.25) is 11.8 Å². The molecule has 0 bridgehead atoms. The van der Waals surface area contributed by atoms with Crippen molar-refractivity contribution < 1.29 is 37.4 Å². The highest BCUT2D eigenvalue weighted by atomic mass is 32.2. The van der Waals surface area contributed by atoms with Crippen molar-refractivity contribution in [2.45, 2.75) is 35.9 Å². The number of carbonyl (C=O) groups excluding carboxylic acids is 3. The van der Waals surface area contributed by atoms with Gasteiger partial charge in [0.15, 0.2) is 5.05 Å². The second-order valence-electron chi connectivity index (χ2n) is 6.91. The van der Waals surface area contributed by atoms with Gasteiger partial charge in [0.1, 0.15) is 11.3 Å². The van der Waals surface area contributed by atoms with Crippen molar-refractivity contribution in [3.63, 3.8) is 0 Å². The number of thiol groups is 1. The number of aliphatic hydroxyl groups is 1. The van der Waals surface area contributed by atoms with Gasteiger partial charge in [-0.15, -0.1) is 0 Å². The zero-order chi connectivity index (χ0) is 25.8. The number of para-hydroxylation sites is 1. The van der Waals surface area contributed by atoms with Crippen LogP contribution in [0.1, 0.15) is 36.0 Å². The number of likely N-dealkylation sites (tertiary alicyclic amines) is 1. The molecule has 34 heavy (non-hydrogen) atoms. The Morgan fingerprint density at radius 2 is 2.00 bits per heavy atom. The maximum Gasteiger partial charge on any atom is 0.309 e. The number of thiocarbonyl (C=S) groups is 1.